The summed E-state index contributed by atoms with van der Waals surface area (Å²) in [5.41, 5.74) is 0. The van der Waals surface area contributed by atoms with Gasteiger partial charge in [0.05, 0.1) is 6.10 Å². The van der Waals surface area contributed by atoms with Gasteiger partial charge in [-0.05, 0) is 39.5 Å². The van der Waals surface area contributed by atoms with E-state index in [0.717, 1.165) is 18.1 Å². The van der Waals surface area contributed by atoms with Gasteiger partial charge < -0.3 is 4.74 Å². The molecular weight excluding hydrogens is 186 g/mol. The summed E-state index contributed by atoms with van der Waals surface area (Å²) >= 11 is 0. The van der Waals surface area contributed by atoms with Crippen molar-refractivity contribution in [3.8, 4) is 0 Å². The second kappa shape index (κ2) is 5.86. The first kappa shape index (κ1) is 13.0. The van der Waals surface area contributed by atoms with Crippen LogP contribution in [-0.4, -0.2) is 36.2 Å². The first-order valence-electron chi connectivity index (χ1n) is 6.52. The number of rotatable bonds is 2. The van der Waals surface area contributed by atoms with Crippen LogP contribution in [0.25, 0.3) is 0 Å². The fourth-order valence-corrected chi connectivity index (χ4v) is 3.20. The molecule has 2 aliphatic heterocycles. The standard InChI is InChI=1S/C11H21NO.C2H6/c1-8(2)12-9-4-5-10(12)7-11(6-9)13-3;1-2/h8-11H,4-7H2,1-3H3;1-2H3/t9-,10?,11?;/m1./s1. The molecule has 2 heterocycles. The maximum Gasteiger partial charge on any atom is 0.0601 e. The number of fused-ring (bicyclic) bond motifs is 2. The van der Waals surface area contributed by atoms with E-state index in [-0.39, 0.29) is 0 Å². The van der Waals surface area contributed by atoms with E-state index < -0.39 is 0 Å². The number of hydrogen-bond acceptors (Lipinski definition) is 2. The van der Waals surface area contributed by atoms with Gasteiger partial charge in [-0.1, -0.05) is 13.8 Å². The highest BCUT2D eigenvalue weighted by atomic mass is 16.5. The van der Waals surface area contributed by atoms with Crippen LogP contribution in [0.5, 0.6) is 0 Å². The van der Waals surface area contributed by atoms with E-state index in [1.165, 1.54) is 25.7 Å². The number of ether oxygens (including phenoxy) is 1. The molecule has 0 radical (unpaired) electrons. The Kier molecular flexibility index (Phi) is 5.07. The highest BCUT2D eigenvalue weighted by Gasteiger charge is 2.41. The molecule has 2 unspecified atom stereocenters. The predicted molar refractivity (Wildman–Crippen MR) is 65.2 cm³/mol. The molecule has 2 nitrogen and oxygen atoms in total. The molecule has 2 fully saturated rings. The Labute approximate surface area is 95.0 Å². The van der Waals surface area contributed by atoms with E-state index in [9.17, 15) is 0 Å². The van der Waals surface area contributed by atoms with E-state index >= 15 is 0 Å². The summed E-state index contributed by atoms with van der Waals surface area (Å²) < 4.78 is 5.47. The fourth-order valence-electron chi connectivity index (χ4n) is 3.20. The first-order chi connectivity index (χ1) is 7.22. The predicted octanol–water partition coefficient (Wildman–Crippen LogP) is 3.06. The molecule has 0 aromatic carbocycles. The molecular formula is C13H27NO. The average molecular weight is 213 g/mol. The second-order valence-electron chi connectivity index (χ2n) is 4.76. The van der Waals surface area contributed by atoms with Crippen LogP contribution in [0.2, 0.25) is 0 Å². The van der Waals surface area contributed by atoms with Crippen molar-refractivity contribution in [2.24, 2.45) is 0 Å². The van der Waals surface area contributed by atoms with Crippen LogP contribution >= 0.6 is 0 Å². The summed E-state index contributed by atoms with van der Waals surface area (Å²) in [6.07, 6.45) is 5.83. The lowest BCUT2D eigenvalue weighted by atomic mass is 9.98. The Hall–Kier alpha value is -0.0800. The quantitative estimate of drug-likeness (QED) is 0.699. The van der Waals surface area contributed by atoms with Gasteiger partial charge >= 0.3 is 0 Å². The molecule has 90 valence electrons. The maximum atomic E-state index is 5.47. The zero-order valence-electron chi connectivity index (χ0n) is 11.0. The van der Waals surface area contributed by atoms with Crippen molar-refractivity contribution in [2.45, 2.75) is 77.6 Å². The van der Waals surface area contributed by atoms with E-state index in [4.69, 9.17) is 4.74 Å². The Morgan fingerprint density at radius 3 is 1.87 bits per heavy atom. The minimum Gasteiger partial charge on any atom is -0.381 e. The zero-order valence-corrected chi connectivity index (χ0v) is 11.0. The Morgan fingerprint density at radius 2 is 1.53 bits per heavy atom. The molecule has 0 aromatic heterocycles. The fraction of sp³-hybridized carbons (Fsp3) is 1.00. The highest BCUT2D eigenvalue weighted by Crippen LogP contribution is 2.37. The molecule has 0 aliphatic carbocycles. The van der Waals surface area contributed by atoms with Gasteiger partial charge in [0.2, 0.25) is 0 Å². The summed E-state index contributed by atoms with van der Waals surface area (Å²) in [5.74, 6) is 0. The van der Waals surface area contributed by atoms with Crippen LogP contribution in [0.1, 0.15) is 53.4 Å². The monoisotopic (exact) mass is 213 g/mol. The largest absolute Gasteiger partial charge is 0.381 e. The second-order valence-corrected chi connectivity index (χ2v) is 4.76. The summed E-state index contributed by atoms with van der Waals surface area (Å²) in [7, 11) is 1.86. The van der Waals surface area contributed by atoms with Crippen molar-refractivity contribution in [2.75, 3.05) is 7.11 Å². The van der Waals surface area contributed by atoms with Crippen LogP contribution in [0, 0.1) is 0 Å². The molecule has 15 heavy (non-hydrogen) atoms. The minimum atomic E-state index is 0.535. The maximum absolute atomic E-state index is 5.47. The number of piperidine rings is 1. The minimum absolute atomic E-state index is 0.535. The average Bonchev–Trinajstić information content (AvgIpc) is 2.53. The SMILES string of the molecule is CC.COC1CC2CC[C@H](C1)N2C(C)C. The van der Waals surface area contributed by atoms with Crippen LogP contribution < -0.4 is 0 Å². The van der Waals surface area contributed by atoms with Crippen molar-refractivity contribution in [3.05, 3.63) is 0 Å². The van der Waals surface area contributed by atoms with Gasteiger partial charge in [0, 0.05) is 25.2 Å². The molecule has 0 amide bonds. The summed E-state index contributed by atoms with van der Waals surface area (Å²) in [6.45, 7) is 8.64. The molecule has 2 heteroatoms. The number of methoxy groups -OCH3 is 1. The lowest BCUT2D eigenvalue weighted by Crippen LogP contribution is -2.48. The van der Waals surface area contributed by atoms with Crippen LogP contribution in [0.15, 0.2) is 0 Å². The zero-order chi connectivity index (χ0) is 11.4. The van der Waals surface area contributed by atoms with Crippen molar-refractivity contribution in [3.63, 3.8) is 0 Å². The molecule has 0 saturated carbocycles. The van der Waals surface area contributed by atoms with Crippen LogP contribution in [0.3, 0.4) is 0 Å². The van der Waals surface area contributed by atoms with Crippen molar-refractivity contribution in [1.29, 1.82) is 0 Å². The Morgan fingerprint density at radius 1 is 1.07 bits per heavy atom. The Balaban J connectivity index is 0.000000531. The van der Waals surface area contributed by atoms with Gasteiger partial charge in [0.15, 0.2) is 0 Å². The molecule has 2 saturated heterocycles. The first-order valence-corrected chi connectivity index (χ1v) is 6.52. The highest BCUT2D eigenvalue weighted by molar-refractivity contribution is 4.96. The van der Waals surface area contributed by atoms with Crippen molar-refractivity contribution in [1.82, 2.24) is 4.90 Å². The van der Waals surface area contributed by atoms with Gasteiger partial charge in [-0.2, -0.15) is 0 Å². The van der Waals surface area contributed by atoms with Gasteiger partial charge in [0.1, 0.15) is 0 Å². The van der Waals surface area contributed by atoms with E-state index in [1.807, 2.05) is 21.0 Å². The molecule has 2 bridgehead atoms. The molecule has 0 aromatic rings. The lowest BCUT2D eigenvalue weighted by molar-refractivity contribution is -0.00637. The van der Waals surface area contributed by atoms with Crippen molar-refractivity contribution >= 4 is 0 Å². The van der Waals surface area contributed by atoms with E-state index in [1.54, 1.807) is 0 Å². The van der Waals surface area contributed by atoms with Gasteiger partial charge in [0.25, 0.3) is 0 Å². The molecule has 2 aliphatic rings. The molecule has 0 spiro atoms. The smallest absolute Gasteiger partial charge is 0.0601 e. The molecule has 3 atom stereocenters. The summed E-state index contributed by atoms with van der Waals surface area (Å²) in [5, 5.41) is 0. The third-order valence-corrected chi connectivity index (χ3v) is 3.68. The third-order valence-electron chi connectivity index (χ3n) is 3.68. The molecule has 0 N–H and O–H groups in total. The van der Waals surface area contributed by atoms with Crippen molar-refractivity contribution < 1.29 is 4.74 Å². The van der Waals surface area contributed by atoms with Crippen LogP contribution in [0.4, 0.5) is 0 Å². The van der Waals surface area contributed by atoms with E-state index in [0.29, 0.717) is 6.10 Å². The lowest BCUT2D eigenvalue weighted by Gasteiger charge is -2.40. The third kappa shape index (κ3) is 2.73. The van der Waals surface area contributed by atoms with Crippen LogP contribution in [-0.2, 0) is 4.74 Å². The van der Waals surface area contributed by atoms with E-state index in [2.05, 4.69) is 18.7 Å². The summed E-state index contributed by atoms with van der Waals surface area (Å²) in [6, 6.07) is 2.34. The summed E-state index contributed by atoms with van der Waals surface area (Å²) in [4.78, 5) is 2.70. The van der Waals surface area contributed by atoms with Gasteiger partial charge in [-0.15, -0.1) is 0 Å². The molecule has 2 rings (SSSR count). The Bertz CT molecular complexity index is 167. The topological polar surface area (TPSA) is 12.5 Å². The van der Waals surface area contributed by atoms with Gasteiger partial charge in [-0.25, -0.2) is 0 Å². The normalized spacial score (nSPS) is 35.2. The van der Waals surface area contributed by atoms with Gasteiger partial charge in [-0.3, -0.25) is 4.90 Å². The number of nitrogens with zero attached hydrogens (tertiary/aromatic N) is 1. The number of hydrogen-bond donors (Lipinski definition) is 0.